The summed E-state index contributed by atoms with van der Waals surface area (Å²) in [4.78, 5) is 23.5. The first kappa shape index (κ1) is 16.8. The van der Waals surface area contributed by atoms with Gasteiger partial charge in [0.25, 0.3) is 0 Å². The maximum absolute atomic E-state index is 11.7. The van der Waals surface area contributed by atoms with Crippen LogP contribution < -0.4 is 10.6 Å². The molecule has 0 fully saturated rings. The van der Waals surface area contributed by atoms with Crippen LogP contribution in [0.3, 0.4) is 0 Å². The Morgan fingerprint density at radius 2 is 2.00 bits per heavy atom. The molecule has 1 unspecified atom stereocenters. The third kappa shape index (κ3) is 4.67. The van der Waals surface area contributed by atoms with Gasteiger partial charge in [0, 0.05) is 12.6 Å². The molecule has 0 aromatic heterocycles. The second kappa shape index (κ2) is 8.09. The predicted octanol–water partition coefficient (Wildman–Crippen LogP) is 2.21. The molecule has 0 radical (unpaired) electrons. The van der Waals surface area contributed by atoms with Gasteiger partial charge in [-0.15, -0.1) is 0 Å². The third-order valence-electron chi connectivity index (χ3n) is 2.71. The molecule has 0 heterocycles. The van der Waals surface area contributed by atoms with Crippen molar-refractivity contribution in [2.75, 3.05) is 11.9 Å². The number of carbonyl (C=O) groups excluding carboxylic acids is 2. The van der Waals surface area contributed by atoms with Crippen LogP contribution in [0.5, 0.6) is 0 Å². The summed E-state index contributed by atoms with van der Waals surface area (Å²) in [5, 5.41) is 14.2. The monoisotopic (exact) mass is 318 g/mol. The van der Waals surface area contributed by atoms with Crippen LogP contribution in [0.25, 0.3) is 0 Å². The highest BCUT2D eigenvalue weighted by Gasteiger charge is 2.18. The fourth-order valence-electron chi connectivity index (χ4n) is 1.56. The standard InChI is InChI=1S/C13H16Cl2N2O3/c1-2-8(6-7-18)16-12(19)13(20)17-10-5-3-4-9(14)11(10)15/h3-5,8,18H,2,6-7H2,1H3,(H,16,19)(H,17,20). The number of benzene rings is 1. The molecule has 3 N–H and O–H groups in total. The van der Waals surface area contributed by atoms with Crippen LogP contribution in [-0.2, 0) is 9.59 Å². The Kier molecular flexibility index (Phi) is 6.78. The molecule has 0 aliphatic rings. The largest absolute Gasteiger partial charge is 0.396 e. The summed E-state index contributed by atoms with van der Waals surface area (Å²) in [6.07, 6.45) is 1.02. The molecule has 0 aliphatic carbocycles. The lowest BCUT2D eigenvalue weighted by Crippen LogP contribution is -2.42. The first-order valence-corrected chi connectivity index (χ1v) is 6.91. The number of carbonyl (C=O) groups is 2. The Balaban J connectivity index is 2.66. The molecular formula is C13H16Cl2N2O3. The molecule has 20 heavy (non-hydrogen) atoms. The smallest absolute Gasteiger partial charge is 0.313 e. The number of aliphatic hydroxyl groups excluding tert-OH is 1. The molecule has 7 heteroatoms. The van der Waals surface area contributed by atoms with E-state index in [2.05, 4.69) is 10.6 Å². The van der Waals surface area contributed by atoms with E-state index in [1.54, 1.807) is 18.2 Å². The van der Waals surface area contributed by atoms with Crippen molar-refractivity contribution in [1.29, 1.82) is 0 Å². The van der Waals surface area contributed by atoms with Gasteiger partial charge in [0.1, 0.15) is 0 Å². The number of rotatable bonds is 5. The third-order valence-corrected chi connectivity index (χ3v) is 3.53. The number of hydrogen-bond donors (Lipinski definition) is 3. The first-order chi connectivity index (χ1) is 9.49. The fourth-order valence-corrected chi connectivity index (χ4v) is 1.91. The van der Waals surface area contributed by atoms with E-state index in [1.165, 1.54) is 0 Å². The molecule has 0 spiro atoms. The van der Waals surface area contributed by atoms with Crippen molar-refractivity contribution in [2.24, 2.45) is 0 Å². The summed E-state index contributed by atoms with van der Waals surface area (Å²) in [7, 11) is 0. The van der Waals surface area contributed by atoms with E-state index in [4.69, 9.17) is 28.3 Å². The van der Waals surface area contributed by atoms with Gasteiger partial charge in [-0.1, -0.05) is 36.2 Å². The minimum Gasteiger partial charge on any atom is -0.396 e. The van der Waals surface area contributed by atoms with Crippen LogP contribution in [0, 0.1) is 0 Å². The molecule has 0 saturated heterocycles. The van der Waals surface area contributed by atoms with Crippen molar-refractivity contribution in [2.45, 2.75) is 25.8 Å². The van der Waals surface area contributed by atoms with E-state index in [1.807, 2.05) is 6.92 Å². The van der Waals surface area contributed by atoms with Gasteiger partial charge >= 0.3 is 11.8 Å². The van der Waals surface area contributed by atoms with Gasteiger partial charge in [-0.3, -0.25) is 9.59 Å². The van der Waals surface area contributed by atoms with Crippen LogP contribution in [0.1, 0.15) is 19.8 Å². The van der Waals surface area contributed by atoms with Gasteiger partial charge < -0.3 is 15.7 Å². The predicted molar refractivity (Wildman–Crippen MR) is 79.0 cm³/mol. The highest BCUT2D eigenvalue weighted by atomic mass is 35.5. The summed E-state index contributed by atoms with van der Waals surface area (Å²) in [6.45, 7) is 1.80. The van der Waals surface area contributed by atoms with Gasteiger partial charge in [-0.05, 0) is 25.0 Å². The Hall–Kier alpha value is -1.30. The molecule has 1 atom stereocenters. The van der Waals surface area contributed by atoms with Crippen molar-refractivity contribution >= 4 is 40.7 Å². The Morgan fingerprint density at radius 1 is 1.30 bits per heavy atom. The van der Waals surface area contributed by atoms with Crippen molar-refractivity contribution in [1.82, 2.24) is 5.32 Å². The minimum absolute atomic E-state index is 0.0550. The zero-order chi connectivity index (χ0) is 15.1. The Labute approximate surface area is 127 Å². The summed E-state index contributed by atoms with van der Waals surface area (Å²) in [6, 6.07) is 4.49. The average Bonchev–Trinajstić information content (AvgIpc) is 2.43. The number of anilines is 1. The van der Waals surface area contributed by atoms with Crippen molar-refractivity contribution in [3.05, 3.63) is 28.2 Å². The maximum Gasteiger partial charge on any atom is 0.313 e. The fraction of sp³-hybridized carbons (Fsp3) is 0.385. The summed E-state index contributed by atoms with van der Waals surface area (Å²) in [5.41, 5.74) is 0.273. The second-order valence-electron chi connectivity index (χ2n) is 4.15. The average molecular weight is 319 g/mol. The van der Waals surface area contributed by atoms with Crippen molar-refractivity contribution in [3.8, 4) is 0 Å². The van der Waals surface area contributed by atoms with Gasteiger partial charge in [-0.2, -0.15) is 0 Å². The Morgan fingerprint density at radius 3 is 2.60 bits per heavy atom. The molecule has 1 rings (SSSR count). The molecule has 5 nitrogen and oxygen atoms in total. The zero-order valence-corrected chi connectivity index (χ0v) is 12.5. The molecule has 0 aliphatic heterocycles. The lowest BCUT2D eigenvalue weighted by Gasteiger charge is -2.15. The number of amides is 2. The SMILES string of the molecule is CCC(CCO)NC(=O)C(=O)Nc1cccc(Cl)c1Cl. The van der Waals surface area contributed by atoms with E-state index in [0.717, 1.165) is 0 Å². The first-order valence-electron chi connectivity index (χ1n) is 6.16. The quantitative estimate of drug-likeness (QED) is 0.728. The van der Waals surface area contributed by atoms with Crippen LogP contribution in [0.15, 0.2) is 18.2 Å². The van der Waals surface area contributed by atoms with Crippen LogP contribution in [-0.4, -0.2) is 29.6 Å². The molecule has 110 valence electrons. The lowest BCUT2D eigenvalue weighted by molar-refractivity contribution is -0.136. The topological polar surface area (TPSA) is 78.4 Å². The Bertz CT molecular complexity index is 495. The van der Waals surface area contributed by atoms with Crippen LogP contribution >= 0.6 is 23.2 Å². The van der Waals surface area contributed by atoms with Crippen molar-refractivity contribution < 1.29 is 14.7 Å². The van der Waals surface area contributed by atoms with E-state index in [9.17, 15) is 9.59 Å². The van der Waals surface area contributed by atoms with Gasteiger partial charge in [0.15, 0.2) is 0 Å². The molecular weight excluding hydrogens is 303 g/mol. The number of aliphatic hydroxyl groups is 1. The number of nitrogens with one attached hydrogen (secondary N) is 2. The van der Waals surface area contributed by atoms with E-state index in [0.29, 0.717) is 12.8 Å². The summed E-state index contributed by atoms with van der Waals surface area (Å²) < 4.78 is 0. The highest BCUT2D eigenvalue weighted by molar-refractivity contribution is 6.45. The maximum atomic E-state index is 11.7. The van der Waals surface area contributed by atoms with Crippen LogP contribution in [0.2, 0.25) is 10.0 Å². The summed E-state index contributed by atoms with van der Waals surface area (Å²) >= 11 is 11.7. The summed E-state index contributed by atoms with van der Waals surface area (Å²) in [5.74, 6) is -1.60. The minimum atomic E-state index is -0.828. The number of halogens is 2. The van der Waals surface area contributed by atoms with E-state index in [-0.39, 0.29) is 28.4 Å². The van der Waals surface area contributed by atoms with Gasteiger partial charge in [0.2, 0.25) is 0 Å². The lowest BCUT2D eigenvalue weighted by atomic mass is 10.1. The van der Waals surface area contributed by atoms with E-state index >= 15 is 0 Å². The zero-order valence-electron chi connectivity index (χ0n) is 11.0. The molecule has 1 aromatic rings. The van der Waals surface area contributed by atoms with Gasteiger partial charge in [-0.25, -0.2) is 0 Å². The molecule has 0 saturated carbocycles. The van der Waals surface area contributed by atoms with Gasteiger partial charge in [0.05, 0.1) is 15.7 Å². The second-order valence-corrected chi connectivity index (χ2v) is 4.93. The molecule has 2 amide bonds. The normalized spacial score (nSPS) is 11.8. The highest BCUT2D eigenvalue weighted by Crippen LogP contribution is 2.29. The van der Waals surface area contributed by atoms with E-state index < -0.39 is 11.8 Å². The molecule has 1 aromatic carbocycles. The van der Waals surface area contributed by atoms with Crippen molar-refractivity contribution in [3.63, 3.8) is 0 Å². The van der Waals surface area contributed by atoms with Crippen LogP contribution in [0.4, 0.5) is 5.69 Å². The molecule has 0 bridgehead atoms. The number of hydrogen-bond acceptors (Lipinski definition) is 3.